The maximum atomic E-state index is 5.49. The zero-order valence-corrected chi connectivity index (χ0v) is 17.6. The summed E-state index contributed by atoms with van der Waals surface area (Å²) in [6.07, 6.45) is 8.81. The van der Waals surface area contributed by atoms with E-state index < -0.39 is 0 Å². The van der Waals surface area contributed by atoms with E-state index in [-0.39, 0.29) is 0 Å². The van der Waals surface area contributed by atoms with Crippen LogP contribution in [0.2, 0.25) is 0 Å². The van der Waals surface area contributed by atoms with Crippen LogP contribution in [0.25, 0.3) is 22.8 Å². The van der Waals surface area contributed by atoms with Crippen LogP contribution in [0.3, 0.4) is 0 Å². The number of pyridine rings is 1. The number of anilines is 1. The average Bonchev–Trinajstić information content (AvgIpc) is 3.30. The topological polar surface area (TPSA) is 58.3 Å². The van der Waals surface area contributed by atoms with Crippen molar-refractivity contribution in [3.8, 4) is 22.8 Å². The minimum Gasteiger partial charge on any atom is -0.354 e. The standard InChI is InChI=1S/C24H29N5O/c1-18-6-5-7-19(16-18)23-26-24(30-27-23)20-10-11-22(25-17-20)29-14-12-28(13-15-29)21-8-3-2-4-9-21/h5-7,10-11,16-17,21H,2-4,8-9,12-15H2,1H3. The third-order valence-corrected chi connectivity index (χ3v) is 6.43. The molecule has 6 nitrogen and oxygen atoms in total. The van der Waals surface area contributed by atoms with E-state index in [9.17, 15) is 0 Å². The molecule has 0 bridgehead atoms. The molecule has 2 aliphatic rings. The number of aromatic nitrogens is 3. The number of hydrogen-bond donors (Lipinski definition) is 0. The summed E-state index contributed by atoms with van der Waals surface area (Å²) in [5.74, 6) is 2.14. The van der Waals surface area contributed by atoms with Crippen molar-refractivity contribution >= 4 is 5.82 Å². The lowest BCUT2D eigenvalue weighted by molar-refractivity contribution is 0.147. The molecule has 1 aromatic carbocycles. The van der Waals surface area contributed by atoms with E-state index in [0.29, 0.717) is 11.7 Å². The van der Waals surface area contributed by atoms with E-state index in [2.05, 4.69) is 45.1 Å². The van der Waals surface area contributed by atoms with Crippen LogP contribution in [0.1, 0.15) is 37.7 Å². The second-order valence-corrected chi connectivity index (χ2v) is 8.51. The molecule has 0 N–H and O–H groups in total. The Balaban J connectivity index is 1.23. The van der Waals surface area contributed by atoms with Gasteiger partial charge in [-0.05, 0) is 38.0 Å². The first-order valence-corrected chi connectivity index (χ1v) is 11.1. The molecule has 2 fully saturated rings. The van der Waals surface area contributed by atoms with Crippen molar-refractivity contribution < 1.29 is 4.52 Å². The molecule has 1 aliphatic heterocycles. The largest absolute Gasteiger partial charge is 0.354 e. The maximum absolute atomic E-state index is 5.49. The van der Waals surface area contributed by atoms with E-state index in [1.54, 1.807) is 0 Å². The highest BCUT2D eigenvalue weighted by molar-refractivity contribution is 5.60. The molecule has 1 aliphatic carbocycles. The molecule has 0 amide bonds. The SMILES string of the molecule is Cc1cccc(-c2noc(-c3ccc(N4CCN(C5CCCCC5)CC4)nc3)n2)c1. The van der Waals surface area contributed by atoms with E-state index in [4.69, 9.17) is 9.51 Å². The number of nitrogens with zero attached hydrogens (tertiary/aromatic N) is 5. The van der Waals surface area contributed by atoms with Crippen molar-refractivity contribution in [1.29, 1.82) is 0 Å². The maximum Gasteiger partial charge on any atom is 0.259 e. The molecule has 2 aromatic heterocycles. The van der Waals surface area contributed by atoms with Gasteiger partial charge in [0.2, 0.25) is 5.82 Å². The molecular weight excluding hydrogens is 374 g/mol. The quantitative estimate of drug-likeness (QED) is 0.636. The second-order valence-electron chi connectivity index (χ2n) is 8.51. The first kappa shape index (κ1) is 19.2. The highest BCUT2D eigenvalue weighted by Gasteiger charge is 2.25. The van der Waals surface area contributed by atoms with Gasteiger partial charge in [-0.1, -0.05) is 48.2 Å². The second kappa shape index (κ2) is 8.56. The molecule has 30 heavy (non-hydrogen) atoms. The van der Waals surface area contributed by atoms with Gasteiger partial charge in [0.1, 0.15) is 5.82 Å². The van der Waals surface area contributed by atoms with E-state index in [1.807, 2.05) is 24.4 Å². The van der Waals surface area contributed by atoms with Gasteiger partial charge in [-0.2, -0.15) is 4.98 Å². The van der Waals surface area contributed by atoms with Crippen LogP contribution < -0.4 is 4.90 Å². The molecule has 1 saturated heterocycles. The van der Waals surface area contributed by atoms with Gasteiger partial charge < -0.3 is 9.42 Å². The number of benzene rings is 1. The molecule has 6 heteroatoms. The molecule has 156 valence electrons. The Bertz CT molecular complexity index is 969. The van der Waals surface area contributed by atoms with Crippen molar-refractivity contribution in [1.82, 2.24) is 20.0 Å². The van der Waals surface area contributed by atoms with Crippen LogP contribution in [0, 0.1) is 6.92 Å². The third kappa shape index (κ3) is 4.10. The molecule has 5 rings (SSSR count). The van der Waals surface area contributed by atoms with Crippen molar-refractivity contribution in [2.75, 3.05) is 31.1 Å². The van der Waals surface area contributed by atoms with Crippen LogP contribution in [0.15, 0.2) is 47.1 Å². The third-order valence-electron chi connectivity index (χ3n) is 6.43. The monoisotopic (exact) mass is 403 g/mol. The fourth-order valence-electron chi connectivity index (χ4n) is 4.70. The summed E-state index contributed by atoms with van der Waals surface area (Å²) in [7, 11) is 0. The summed E-state index contributed by atoms with van der Waals surface area (Å²) < 4.78 is 5.49. The van der Waals surface area contributed by atoms with Crippen LogP contribution in [-0.2, 0) is 0 Å². The summed E-state index contributed by atoms with van der Waals surface area (Å²) in [6, 6.07) is 13.0. The molecule has 0 radical (unpaired) electrons. The van der Waals surface area contributed by atoms with E-state index >= 15 is 0 Å². The van der Waals surface area contributed by atoms with Gasteiger partial charge in [-0.3, -0.25) is 4.90 Å². The average molecular weight is 404 g/mol. The molecule has 0 atom stereocenters. The molecule has 1 saturated carbocycles. The smallest absolute Gasteiger partial charge is 0.259 e. The van der Waals surface area contributed by atoms with Crippen molar-refractivity contribution in [3.05, 3.63) is 48.2 Å². The number of aryl methyl sites for hydroxylation is 1. The van der Waals surface area contributed by atoms with Gasteiger partial charge in [0.05, 0.1) is 5.56 Å². The minimum absolute atomic E-state index is 0.507. The predicted molar refractivity (Wildman–Crippen MR) is 118 cm³/mol. The van der Waals surface area contributed by atoms with Crippen LogP contribution >= 0.6 is 0 Å². The van der Waals surface area contributed by atoms with E-state index in [1.165, 1.54) is 37.7 Å². The Labute approximate surface area is 177 Å². The van der Waals surface area contributed by atoms with Gasteiger partial charge in [-0.15, -0.1) is 0 Å². The molecule has 0 unspecified atom stereocenters. The van der Waals surface area contributed by atoms with Gasteiger partial charge in [0.15, 0.2) is 0 Å². The summed E-state index contributed by atoms with van der Waals surface area (Å²) in [4.78, 5) is 14.3. The van der Waals surface area contributed by atoms with Crippen molar-refractivity contribution in [2.45, 2.75) is 45.1 Å². The Kier molecular flexibility index (Phi) is 5.49. The number of piperazine rings is 1. The minimum atomic E-state index is 0.507. The van der Waals surface area contributed by atoms with Gasteiger partial charge >= 0.3 is 0 Å². The molecular formula is C24H29N5O. The Morgan fingerprint density at radius 3 is 2.50 bits per heavy atom. The summed E-state index contributed by atoms with van der Waals surface area (Å²) >= 11 is 0. The molecule has 3 aromatic rings. The van der Waals surface area contributed by atoms with Gasteiger partial charge in [0.25, 0.3) is 5.89 Å². The summed E-state index contributed by atoms with van der Waals surface area (Å²) in [5.41, 5.74) is 2.99. The summed E-state index contributed by atoms with van der Waals surface area (Å²) in [5, 5.41) is 4.14. The van der Waals surface area contributed by atoms with Gasteiger partial charge in [0, 0.05) is 44.0 Å². The van der Waals surface area contributed by atoms with E-state index in [0.717, 1.165) is 49.2 Å². The lowest BCUT2D eigenvalue weighted by atomic mass is 9.94. The fourth-order valence-corrected chi connectivity index (χ4v) is 4.70. The Morgan fingerprint density at radius 1 is 0.933 bits per heavy atom. The van der Waals surface area contributed by atoms with Crippen LogP contribution in [0.4, 0.5) is 5.82 Å². The van der Waals surface area contributed by atoms with Crippen LogP contribution in [0.5, 0.6) is 0 Å². The highest BCUT2D eigenvalue weighted by Crippen LogP contribution is 2.26. The number of hydrogen-bond acceptors (Lipinski definition) is 6. The van der Waals surface area contributed by atoms with Crippen molar-refractivity contribution in [3.63, 3.8) is 0 Å². The summed E-state index contributed by atoms with van der Waals surface area (Å²) in [6.45, 7) is 6.42. The van der Waals surface area contributed by atoms with Crippen LogP contribution in [-0.4, -0.2) is 52.2 Å². The first-order chi connectivity index (χ1) is 14.8. The lowest BCUT2D eigenvalue weighted by Crippen LogP contribution is -2.51. The zero-order chi connectivity index (χ0) is 20.3. The lowest BCUT2D eigenvalue weighted by Gasteiger charge is -2.41. The zero-order valence-electron chi connectivity index (χ0n) is 17.6. The van der Waals surface area contributed by atoms with Gasteiger partial charge in [-0.25, -0.2) is 4.98 Å². The Hall–Kier alpha value is -2.73. The molecule has 0 spiro atoms. The van der Waals surface area contributed by atoms with Crippen molar-refractivity contribution in [2.24, 2.45) is 0 Å². The predicted octanol–water partition coefficient (Wildman–Crippen LogP) is 4.56. The Morgan fingerprint density at radius 2 is 1.77 bits per heavy atom. The first-order valence-electron chi connectivity index (χ1n) is 11.1. The normalized spacial score (nSPS) is 18.6. The number of rotatable bonds is 4. The highest BCUT2D eigenvalue weighted by atomic mass is 16.5. The molecule has 3 heterocycles. The fraction of sp³-hybridized carbons (Fsp3) is 0.458.